The molecule has 0 fully saturated rings. The molecule has 0 saturated carbocycles. The molecule has 7 heteroatoms. The van der Waals surface area contributed by atoms with Gasteiger partial charge < -0.3 is 10.5 Å². The van der Waals surface area contributed by atoms with Crippen molar-refractivity contribution >= 4 is 16.3 Å². The van der Waals surface area contributed by atoms with E-state index in [0.717, 1.165) is 22.8 Å². The number of rotatable bonds is 4. The van der Waals surface area contributed by atoms with Gasteiger partial charge in [0.1, 0.15) is 5.82 Å². The summed E-state index contributed by atoms with van der Waals surface area (Å²) in [4.78, 5) is 5.04. The number of fused-ring (bicyclic) bond motifs is 1. The monoisotopic (exact) mass is 295 g/mol. The first-order valence-electron chi connectivity index (χ1n) is 5.96. The van der Waals surface area contributed by atoms with E-state index in [2.05, 4.69) is 4.98 Å². The molecule has 104 valence electrons. The first-order chi connectivity index (χ1) is 9.69. The Balaban J connectivity index is 2.01. The Hall–Kier alpha value is -1.99. The highest BCUT2D eigenvalue weighted by molar-refractivity contribution is 7.15. The smallest absolute Gasteiger partial charge is 0.242 e. The van der Waals surface area contributed by atoms with E-state index in [9.17, 15) is 8.78 Å². The lowest BCUT2D eigenvalue weighted by Gasteiger charge is -2.06. The van der Waals surface area contributed by atoms with E-state index >= 15 is 0 Å². The average Bonchev–Trinajstić information content (AvgIpc) is 2.96. The molecule has 0 bridgehead atoms. The van der Waals surface area contributed by atoms with Crippen molar-refractivity contribution in [2.45, 2.75) is 6.42 Å². The predicted molar refractivity (Wildman–Crippen MR) is 72.3 cm³/mol. The lowest BCUT2D eigenvalue weighted by Crippen LogP contribution is -2.06. The van der Waals surface area contributed by atoms with E-state index in [1.807, 2.05) is 16.0 Å². The molecule has 0 aliphatic rings. The minimum atomic E-state index is -0.764. The molecule has 0 amide bonds. The van der Waals surface area contributed by atoms with Crippen LogP contribution in [0.1, 0.15) is 5.69 Å². The summed E-state index contributed by atoms with van der Waals surface area (Å²) < 4.78 is 33.8. The van der Waals surface area contributed by atoms with Crippen molar-refractivity contribution in [2.24, 2.45) is 5.73 Å². The Bertz CT molecular complexity index is 753. The van der Waals surface area contributed by atoms with Gasteiger partial charge in [-0.1, -0.05) is 0 Å². The number of thiazole rings is 1. The molecule has 0 spiro atoms. The van der Waals surface area contributed by atoms with Crippen LogP contribution in [0.25, 0.3) is 4.96 Å². The molecule has 2 aromatic heterocycles. The SMILES string of the molecule is NCCc1c(Oc2ccc(F)cc2F)nc2sccn12. The molecule has 1 aromatic carbocycles. The van der Waals surface area contributed by atoms with E-state index < -0.39 is 11.6 Å². The normalized spacial score (nSPS) is 11.2. The standard InChI is InChI=1S/C13H11F2N3OS/c14-8-1-2-11(9(15)7-8)19-12-10(3-4-16)18-5-6-20-13(18)17-12/h1-2,5-7H,3-4,16H2. The Morgan fingerprint density at radius 2 is 2.20 bits per heavy atom. The topological polar surface area (TPSA) is 52.5 Å². The number of halogens is 2. The summed E-state index contributed by atoms with van der Waals surface area (Å²) in [6.45, 7) is 0.423. The van der Waals surface area contributed by atoms with Gasteiger partial charge >= 0.3 is 0 Å². The first-order valence-corrected chi connectivity index (χ1v) is 6.84. The van der Waals surface area contributed by atoms with Crippen LogP contribution in [0, 0.1) is 11.6 Å². The molecule has 20 heavy (non-hydrogen) atoms. The summed E-state index contributed by atoms with van der Waals surface area (Å²) in [5.74, 6) is -1.17. The van der Waals surface area contributed by atoms with Crippen LogP contribution in [0.3, 0.4) is 0 Å². The van der Waals surface area contributed by atoms with E-state index in [4.69, 9.17) is 10.5 Å². The van der Waals surface area contributed by atoms with E-state index in [-0.39, 0.29) is 5.75 Å². The van der Waals surface area contributed by atoms with Crippen molar-refractivity contribution in [3.8, 4) is 11.6 Å². The maximum atomic E-state index is 13.6. The van der Waals surface area contributed by atoms with Gasteiger partial charge in [-0.25, -0.2) is 8.78 Å². The highest BCUT2D eigenvalue weighted by Crippen LogP contribution is 2.29. The van der Waals surface area contributed by atoms with Crippen LogP contribution < -0.4 is 10.5 Å². The second-order valence-electron chi connectivity index (χ2n) is 4.13. The highest BCUT2D eigenvalue weighted by atomic mass is 32.1. The molecule has 3 rings (SSSR count). The number of aromatic nitrogens is 2. The van der Waals surface area contributed by atoms with Gasteiger partial charge in [-0.2, -0.15) is 4.98 Å². The average molecular weight is 295 g/mol. The van der Waals surface area contributed by atoms with Crippen LogP contribution in [0.15, 0.2) is 29.8 Å². The second-order valence-corrected chi connectivity index (χ2v) is 5.01. The summed E-state index contributed by atoms with van der Waals surface area (Å²) in [7, 11) is 0. The molecule has 2 N–H and O–H groups in total. The molecular formula is C13H11F2N3OS. The van der Waals surface area contributed by atoms with Crippen LogP contribution in [0.2, 0.25) is 0 Å². The van der Waals surface area contributed by atoms with Gasteiger partial charge in [0.05, 0.1) is 5.69 Å². The maximum absolute atomic E-state index is 13.6. The summed E-state index contributed by atoms with van der Waals surface area (Å²) in [6, 6.07) is 3.15. The Morgan fingerprint density at radius 1 is 1.35 bits per heavy atom. The second kappa shape index (κ2) is 5.18. The van der Waals surface area contributed by atoms with E-state index in [1.165, 1.54) is 17.4 Å². The van der Waals surface area contributed by atoms with Crippen molar-refractivity contribution in [1.29, 1.82) is 0 Å². The Morgan fingerprint density at radius 3 is 2.95 bits per heavy atom. The maximum Gasteiger partial charge on any atom is 0.242 e. The summed E-state index contributed by atoms with van der Waals surface area (Å²) in [6.07, 6.45) is 2.40. The van der Waals surface area contributed by atoms with Crippen LogP contribution in [-0.2, 0) is 6.42 Å². The fraction of sp³-hybridized carbons (Fsp3) is 0.154. The number of benzene rings is 1. The number of hydrogen-bond donors (Lipinski definition) is 1. The van der Waals surface area contributed by atoms with Gasteiger partial charge in [0, 0.05) is 24.1 Å². The van der Waals surface area contributed by atoms with Crippen molar-refractivity contribution in [1.82, 2.24) is 9.38 Å². The van der Waals surface area contributed by atoms with Gasteiger partial charge in [0.2, 0.25) is 5.88 Å². The third-order valence-electron chi connectivity index (χ3n) is 2.81. The van der Waals surface area contributed by atoms with Crippen molar-refractivity contribution in [2.75, 3.05) is 6.54 Å². The van der Waals surface area contributed by atoms with Crippen molar-refractivity contribution in [3.05, 3.63) is 47.1 Å². The van der Waals surface area contributed by atoms with Crippen LogP contribution in [0.5, 0.6) is 11.6 Å². The fourth-order valence-corrected chi connectivity index (χ4v) is 2.65. The molecule has 0 aliphatic heterocycles. The van der Waals surface area contributed by atoms with Crippen LogP contribution in [0.4, 0.5) is 8.78 Å². The van der Waals surface area contributed by atoms with Crippen LogP contribution in [-0.4, -0.2) is 15.9 Å². The van der Waals surface area contributed by atoms with Gasteiger partial charge in [-0.3, -0.25) is 4.40 Å². The minimum Gasteiger partial charge on any atom is -0.434 e. The minimum absolute atomic E-state index is 0.0598. The Labute approximate surface area is 117 Å². The summed E-state index contributed by atoms with van der Waals surface area (Å²) in [5.41, 5.74) is 6.35. The number of nitrogens with two attached hydrogens (primary N) is 1. The largest absolute Gasteiger partial charge is 0.434 e. The number of nitrogens with zero attached hydrogens (tertiary/aromatic N) is 2. The van der Waals surface area contributed by atoms with E-state index in [1.54, 1.807) is 0 Å². The quantitative estimate of drug-likeness (QED) is 0.805. The third kappa shape index (κ3) is 2.25. The molecular weight excluding hydrogens is 284 g/mol. The number of hydrogen-bond acceptors (Lipinski definition) is 4. The van der Waals surface area contributed by atoms with Crippen molar-refractivity contribution in [3.63, 3.8) is 0 Å². The molecule has 0 unspecified atom stereocenters. The number of ether oxygens (including phenoxy) is 1. The molecule has 0 saturated heterocycles. The van der Waals surface area contributed by atoms with E-state index in [0.29, 0.717) is 18.8 Å². The number of imidazole rings is 1. The van der Waals surface area contributed by atoms with Gasteiger partial charge in [-0.15, -0.1) is 11.3 Å². The summed E-state index contributed by atoms with van der Waals surface area (Å²) in [5, 5.41) is 1.89. The van der Waals surface area contributed by atoms with Gasteiger partial charge in [0.15, 0.2) is 16.5 Å². The molecule has 4 nitrogen and oxygen atoms in total. The molecule has 0 atom stereocenters. The van der Waals surface area contributed by atoms with Gasteiger partial charge in [0.25, 0.3) is 0 Å². The zero-order valence-electron chi connectivity index (χ0n) is 10.3. The third-order valence-corrected chi connectivity index (χ3v) is 3.56. The predicted octanol–water partition coefficient (Wildman–Crippen LogP) is 2.97. The van der Waals surface area contributed by atoms with Gasteiger partial charge in [-0.05, 0) is 18.7 Å². The Kier molecular flexibility index (Phi) is 3.37. The molecule has 3 aromatic rings. The zero-order chi connectivity index (χ0) is 14.1. The fourth-order valence-electron chi connectivity index (χ4n) is 1.92. The molecule has 2 heterocycles. The molecule has 0 aliphatic carbocycles. The highest BCUT2D eigenvalue weighted by Gasteiger charge is 2.16. The zero-order valence-corrected chi connectivity index (χ0v) is 11.2. The first kappa shape index (κ1) is 13.0. The summed E-state index contributed by atoms with van der Waals surface area (Å²) >= 11 is 1.44. The lowest BCUT2D eigenvalue weighted by atomic mass is 10.3. The van der Waals surface area contributed by atoms with Crippen molar-refractivity contribution < 1.29 is 13.5 Å². The van der Waals surface area contributed by atoms with Crippen LogP contribution >= 0.6 is 11.3 Å². The lowest BCUT2D eigenvalue weighted by molar-refractivity contribution is 0.421. The molecule has 0 radical (unpaired) electrons.